The summed E-state index contributed by atoms with van der Waals surface area (Å²) in [5.74, 6) is -1.25. The van der Waals surface area contributed by atoms with Crippen LogP contribution in [0.1, 0.15) is 12.8 Å². The fourth-order valence-corrected chi connectivity index (χ4v) is 1.63. The molecule has 1 heterocycles. The number of nitrogens with one attached hydrogen (secondary N) is 1. The van der Waals surface area contributed by atoms with Gasteiger partial charge in [0, 0.05) is 19.6 Å². The van der Waals surface area contributed by atoms with Crippen LogP contribution in [0.3, 0.4) is 0 Å². The van der Waals surface area contributed by atoms with Gasteiger partial charge in [-0.05, 0) is 12.8 Å². The number of carbonyl (C=O) groups excluding carboxylic acids is 1. The van der Waals surface area contributed by atoms with Crippen LogP contribution in [0.25, 0.3) is 0 Å². The van der Waals surface area contributed by atoms with Gasteiger partial charge < -0.3 is 15.3 Å². The van der Waals surface area contributed by atoms with E-state index in [1.165, 1.54) is 0 Å². The van der Waals surface area contributed by atoms with Crippen LogP contribution in [-0.4, -0.2) is 41.6 Å². The van der Waals surface area contributed by atoms with Crippen LogP contribution in [-0.2, 0) is 4.79 Å². The fraction of sp³-hybridized carbons (Fsp3) is 0.600. The van der Waals surface area contributed by atoms with E-state index in [2.05, 4.69) is 11.9 Å². The molecule has 5 heteroatoms. The highest BCUT2D eigenvalue weighted by molar-refractivity contribution is 5.76. The minimum atomic E-state index is -0.823. The van der Waals surface area contributed by atoms with Crippen molar-refractivity contribution in [2.24, 2.45) is 5.92 Å². The normalized spacial score (nSPS) is 20.8. The first kappa shape index (κ1) is 11.6. The number of nitrogens with zero attached hydrogens (tertiary/aromatic N) is 1. The standard InChI is InChI=1S/C10H16N2O3/c1-2-5-11-10(15)12-6-3-4-8(7-12)9(13)14/h2,8H,1,3-7H2,(H,11,15)(H,13,14). The lowest BCUT2D eigenvalue weighted by atomic mass is 9.99. The highest BCUT2D eigenvalue weighted by Gasteiger charge is 2.27. The SMILES string of the molecule is C=CCNC(=O)N1CCCC(C(=O)O)C1. The number of carboxylic acids is 1. The van der Waals surface area contributed by atoms with E-state index in [0.717, 1.165) is 6.42 Å². The Morgan fingerprint density at radius 1 is 1.60 bits per heavy atom. The zero-order valence-electron chi connectivity index (χ0n) is 8.61. The molecule has 84 valence electrons. The Morgan fingerprint density at radius 2 is 2.33 bits per heavy atom. The molecule has 5 nitrogen and oxygen atoms in total. The van der Waals surface area contributed by atoms with E-state index < -0.39 is 11.9 Å². The van der Waals surface area contributed by atoms with E-state index in [9.17, 15) is 9.59 Å². The van der Waals surface area contributed by atoms with E-state index in [-0.39, 0.29) is 6.03 Å². The Bertz CT molecular complexity index is 265. The molecule has 0 saturated carbocycles. The van der Waals surface area contributed by atoms with Gasteiger partial charge in [-0.25, -0.2) is 4.79 Å². The predicted molar refractivity (Wildman–Crippen MR) is 55.5 cm³/mol. The first-order valence-corrected chi connectivity index (χ1v) is 5.01. The number of amides is 2. The van der Waals surface area contributed by atoms with Crippen LogP contribution in [0.2, 0.25) is 0 Å². The zero-order valence-corrected chi connectivity index (χ0v) is 8.61. The summed E-state index contributed by atoms with van der Waals surface area (Å²) in [7, 11) is 0. The Morgan fingerprint density at radius 3 is 2.93 bits per heavy atom. The topological polar surface area (TPSA) is 69.6 Å². The number of urea groups is 1. The molecule has 1 aliphatic rings. The molecule has 0 bridgehead atoms. The van der Waals surface area contributed by atoms with Crippen molar-refractivity contribution in [3.05, 3.63) is 12.7 Å². The fourth-order valence-electron chi connectivity index (χ4n) is 1.63. The van der Waals surface area contributed by atoms with Gasteiger partial charge in [0.2, 0.25) is 0 Å². The predicted octanol–water partition coefficient (Wildman–Crippen LogP) is 0.679. The molecular weight excluding hydrogens is 196 g/mol. The van der Waals surface area contributed by atoms with Gasteiger partial charge in [-0.1, -0.05) is 6.08 Å². The summed E-state index contributed by atoms with van der Waals surface area (Å²) in [6.45, 7) is 4.84. The van der Waals surface area contributed by atoms with Crippen molar-refractivity contribution in [2.45, 2.75) is 12.8 Å². The molecule has 1 rings (SSSR count). The van der Waals surface area contributed by atoms with Crippen LogP contribution in [0.15, 0.2) is 12.7 Å². The summed E-state index contributed by atoms with van der Waals surface area (Å²) in [6, 6.07) is -0.208. The Hall–Kier alpha value is -1.52. The molecular formula is C10H16N2O3. The minimum absolute atomic E-state index is 0.208. The Kier molecular flexibility index (Phi) is 4.15. The number of carbonyl (C=O) groups is 2. The van der Waals surface area contributed by atoms with Gasteiger partial charge in [0.05, 0.1) is 5.92 Å². The maximum Gasteiger partial charge on any atom is 0.317 e. The van der Waals surface area contributed by atoms with Crippen molar-refractivity contribution < 1.29 is 14.7 Å². The molecule has 0 aromatic heterocycles. The summed E-state index contributed by atoms with van der Waals surface area (Å²) < 4.78 is 0. The molecule has 2 N–H and O–H groups in total. The average Bonchev–Trinajstić information content (AvgIpc) is 2.26. The third kappa shape index (κ3) is 3.27. The van der Waals surface area contributed by atoms with Crippen LogP contribution in [0, 0.1) is 5.92 Å². The van der Waals surface area contributed by atoms with Gasteiger partial charge in [0.1, 0.15) is 0 Å². The van der Waals surface area contributed by atoms with Crippen molar-refractivity contribution >= 4 is 12.0 Å². The lowest BCUT2D eigenvalue weighted by Gasteiger charge is -2.30. The van der Waals surface area contributed by atoms with Gasteiger partial charge in [0.25, 0.3) is 0 Å². The number of likely N-dealkylation sites (tertiary alicyclic amines) is 1. The molecule has 0 aromatic carbocycles. The van der Waals surface area contributed by atoms with E-state index >= 15 is 0 Å². The molecule has 1 saturated heterocycles. The number of hydrogen-bond donors (Lipinski definition) is 2. The van der Waals surface area contributed by atoms with Crippen LogP contribution >= 0.6 is 0 Å². The van der Waals surface area contributed by atoms with E-state index in [1.54, 1.807) is 11.0 Å². The largest absolute Gasteiger partial charge is 0.481 e. The summed E-state index contributed by atoms with van der Waals surface area (Å²) in [5.41, 5.74) is 0. The Balaban J connectivity index is 2.44. The molecule has 0 aliphatic carbocycles. The van der Waals surface area contributed by atoms with Crippen molar-refractivity contribution in [3.8, 4) is 0 Å². The third-order valence-electron chi connectivity index (χ3n) is 2.46. The second-order valence-electron chi connectivity index (χ2n) is 3.60. The van der Waals surface area contributed by atoms with Crippen LogP contribution in [0.5, 0.6) is 0 Å². The maximum absolute atomic E-state index is 11.5. The molecule has 0 aromatic rings. The molecule has 1 fully saturated rings. The van der Waals surface area contributed by atoms with Crippen molar-refractivity contribution in [1.29, 1.82) is 0 Å². The molecule has 1 atom stereocenters. The number of hydrogen-bond acceptors (Lipinski definition) is 2. The first-order chi connectivity index (χ1) is 7.15. The van der Waals surface area contributed by atoms with Crippen LogP contribution in [0.4, 0.5) is 4.79 Å². The van der Waals surface area contributed by atoms with Gasteiger partial charge in [-0.3, -0.25) is 4.79 Å². The minimum Gasteiger partial charge on any atom is -0.481 e. The maximum atomic E-state index is 11.5. The molecule has 1 aliphatic heterocycles. The smallest absolute Gasteiger partial charge is 0.317 e. The summed E-state index contributed by atoms with van der Waals surface area (Å²) in [6.07, 6.45) is 3.00. The van der Waals surface area contributed by atoms with E-state index in [1.807, 2.05) is 0 Å². The van der Waals surface area contributed by atoms with Crippen LogP contribution < -0.4 is 5.32 Å². The third-order valence-corrected chi connectivity index (χ3v) is 2.46. The Labute approximate surface area is 88.8 Å². The quantitative estimate of drug-likeness (QED) is 0.676. The van der Waals surface area contributed by atoms with Crippen molar-refractivity contribution in [3.63, 3.8) is 0 Å². The average molecular weight is 212 g/mol. The number of piperidine rings is 1. The number of carboxylic acid groups (broad SMARTS) is 1. The summed E-state index contributed by atoms with van der Waals surface area (Å²) in [5, 5.41) is 11.5. The van der Waals surface area contributed by atoms with Gasteiger partial charge >= 0.3 is 12.0 Å². The lowest BCUT2D eigenvalue weighted by molar-refractivity contribution is -0.143. The second kappa shape index (κ2) is 5.38. The first-order valence-electron chi connectivity index (χ1n) is 5.01. The number of aliphatic carboxylic acids is 1. The molecule has 1 unspecified atom stereocenters. The lowest BCUT2D eigenvalue weighted by Crippen LogP contribution is -2.47. The summed E-state index contributed by atoms with van der Waals surface area (Å²) >= 11 is 0. The molecule has 0 radical (unpaired) electrons. The van der Waals surface area contributed by atoms with E-state index in [0.29, 0.717) is 26.1 Å². The van der Waals surface area contributed by atoms with Gasteiger partial charge in [-0.15, -0.1) is 6.58 Å². The molecule has 2 amide bonds. The molecule has 15 heavy (non-hydrogen) atoms. The van der Waals surface area contributed by atoms with Crippen molar-refractivity contribution in [1.82, 2.24) is 10.2 Å². The van der Waals surface area contributed by atoms with Crippen molar-refractivity contribution in [2.75, 3.05) is 19.6 Å². The summed E-state index contributed by atoms with van der Waals surface area (Å²) in [4.78, 5) is 23.8. The van der Waals surface area contributed by atoms with E-state index in [4.69, 9.17) is 5.11 Å². The zero-order chi connectivity index (χ0) is 11.3. The monoisotopic (exact) mass is 212 g/mol. The second-order valence-corrected chi connectivity index (χ2v) is 3.60. The number of rotatable bonds is 3. The highest BCUT2D eigenvalue weighted by atomic mass is 16.4. The highest BCUT2D eigenvalue weighted by Crippen LogP contribution is 2.16. The van der Waals surface area contributed by atoms with Gasteiger partial charge in [-0.2, -0.15) is 0 Å². The molecule has 0 spiro atoms. The van der Waals surface area contributed by atoms with Gasteiger partial charge in [0.15, 0.2) is 0 Å².